The van der Waals surface area contributed by atoms with Crippen LogP contribution in [0.2, 0.25) is 0 Å². The fourth-order valence-corrected chi connectivity index (χ4v) is 1.80. The minimum absolute atomic E-state index is 0.0470. The Morgan fingerprint density at radius 3 is 2.47 bits per heavy atom. The summed E-state index contributed by atoms with van der Waals surface area (Å²) in [4.78, 5) is 13.9. The van der Waals surface area contributed by atoms with Crippen molar-refractivity contribution in [2.75, 3.05) is 11.5 Å². The van der Waals surface area contributed by atoms with Gasteiger partial charge in [-0.05, 0) is 6.92 Å². The third kappa shape index (κ3) is 2.09. The summed E-state index contributed by atoms with van der Waals surface area (Å²) >= 11 is 0. The Kier molecular flexibility index (Phi) is 2.76. The molecule has 92 valence electrons. The van der Waals surface area contributed by atoms with Crippen molar-refractivity contribution in [2.45, 2.75) is 25.9 Å². The highest BCUT2D eigenvalue weighted by molar-refractivity contribution is 5.35. The Morgan fingerprint density at radius 1 is 1.24 bits per heavy atom. The Hall–Kier alpha value is -2.02. The van der Waals surface area contributed by atoms with Crippen LogP contribution in [0.4, 0.5) is 11.9 Å². The van der Waals surface area contributed by atoms with E-state index in [4.69, 9.17) is 11.5 Å². The van der Waals surface area contributed by atoms with Crippen molar-refractivity contribution in [1.29, 1.82) is 0 Å². The van der Waals surface area contributed by atoms with Gasteiger partial charge >= 0.3 is 0 Å². The molecule has 0 spiro atoms. The average molecular weight is 236 g/mol. The second kappa shape index (κ2) is 4.10. The van der Waals surface area contributed by atoms with Gasteiger partial charge in [-0.25, -0.2) is 9.97 Å². The van der Waals surface area contributed by atoms with Crippen molar-refractivity contribution >= 4 is 11.9 Å². The number of rotatable bonds is 3. The minimum atomic E-state index is -0.679. The van der Waals surface area contributed by atoms with Crippen molar-refractivity contribution in [3.05, 3.63) is 23.3 Å². The molecule has 0 fully saturated rings. The number of aliphatic hydroxyl groups excluding tert-OH is 1. The minimum Gasteiger partial charge on any atom is -0.387 e. The highest BCUT2D eigenvalue weighted by Gasteiger charge is 2.21. The van der Waals surface area contributed by atoms with Gasteiger partial charge in [0, 0.05) is 11.6 Å². The summed E-state index contributed by atoms with van der Waals surface area (Å²) in [6.45, 7) is 3.60. The van der Waals surface area contributed by atoms with Crippen LogP contribution in [0.1, 0.15) is 43.0 Å². The number of aromatic amines is 2. The van der Waals surface area contributed by atoms with E-state index in [1.165, 1.54) is 0 Å². The monoisotopic (exact) mass is 236 g/mol. The van der Waals surface area contributed by atoms with Gasteiger partial charge in [0.25, 0.3) is 0 Å². The molecule has 2 aromatic rings. The van der Waals surface area contributed by atoms with Crippen molar-refractivity contribution in [3.8, 4) is 0 Å². The summed E-state index contributed by atoms with van der Waals surface area (Å²) in [5, 5.41) is 9.63. The fourth-order valence-electron chi connectivity index (χ4n) is 1.80. The molecule has 0 saturated heterocycles. The molecule has 0 bridgehead atoms. The highest BCUT2D eigenvalue weighted by Crippen LogP contribution is 2.28. The number of nitrogen functional groups attached to an aromatic ring is 2. The lowest BCUT2D eigenvalue weighted by molar-refractivity contribution is 0.193. The molecule has 0 radical (unpaired) electrons. The lowest BCUT2D eigenvalue weighted by Gasteiger charge is -2.10. The van der Waals surface area contributed by atoms with Gasteiger partial charge in [0.05, 0.1) is 23.7 Å². The van der Waals surface area contributed by atoms with Gasteiger partial charge in [0.1, 0.15) is 0 Å². The highest BCUT2D eigenvalue weighted by atomic mass is 16.3. The molecule has 17 heavy (non-hydrogen) atoms. The molecule has 2 heterocycles. The smallest absolute Gasteiger partial charge is 0.198 e. The van der Waals surface area contributed by atoms with Gasteiger partial charge in [0.15, 0.2) is 11.9 Å². The standard InChI is InChI=1S/C10H16N6O/c1-4(6-3-13-9(11)14-6)7-8(5(2)17)16-10(12)15-7/h3-5,17H,1-2H3,(H3,11,13,14)(H3,12,15,16). The number of anilines is 2. The summed E-state index contributed by atoms with van der Waals surface area (Å²) in [5.74, 6) is 0.599. The lowest BCUT2D eigenvalue weighted by atomic mass is 10.0. The van der Waals surface area contributed by atoms with Crippen molar-refractivity contribution < 1.29 is 5.11 Å². The van der Waals surface area contributed by atoms with Crippen LogP contribution in [-0.4, -0.2) is 25.0 Å². The Morgan fingerprint density at radius 2 is 1.94 bits per heavy atom. The molecule has 2 rings (SSSR count). The quantitative estimate of drug-likeness (QED) is 0.530. The molecule has 2 unspecified atom stereocenters. The Labute approximate surface area is 98.3 Å². The predicted octanol–water partition coefficient (Wildman–Crippen LogP) is 0.502. The Balaban J connectivity index is 2.39. The summed E-state index contributed by atoms with van der Waals surface area (Å²) in [6, 6.07) is 0. The number of imidazole rings is 2. The zero-order valence-electron chi connectivity index (χ0n) is 9.73. The van der Waals surface area contributed by atoms with Gasteiger partial charge in [0.2, 0.25) is 0 Å². The number of hydrogen-bond donors (Lipinski definition) is 5. The van der Waals surface area contributed by atoms with Crippen LogP contribution in [0.3, 0.4) is 0 Å². The van der Waals surface area contributed by atoms with Crippen LogP contribution in [0, 0.1) is 0 Å². The molecular formula is C10H16N6O. The zero-order valence-corrected chi connectivity index (χ0v) is 9.73. The second-order valence-corrected chi connectivity index (χ2v) is 4.04. The van der Waals surface area contributed by atoms with E-state index in [1.54, 1.807) is 13.1 Å². The number of aromatic nitrogens is 4. The second-order valence-electron chi connectivity index (χ2n) is 4.04. The van der Waals surface area contributed by atoms with Crippen LogP contribution in [-0.2, 0) is 0 Å². The van der Waals surface area contributed by atoms with Crippen molar-refractivity contribution in [2.24, 2.45) is 0 Å². The summed E-state index contributed by atoms with van der Waals surface area (Å²) in [5.41, 5.74) is 13.3. The maximum atomic E-state index is 9.63. The molecule has 0 aliphatic heterocycles. The number of nitrogens with zero attached hydrogens (tertiary/aromatic N) is 2. The van der Waals surface area contributed by atoms with Gasteiger partial charge in [-0.15, -0.1) is 0 Å². The normalized spacial score (nSPS) is 14.8. The molecule has 0 saturated carbocycles. The summed E-state index contributed by atoms with van der Waals surface area (Å²) in [7, 11) is 0. The Bertz CT molecular complexity index is 515. The molecule has 7 nitrogen and oxygen atoms in total. The van der Waals surface area contributed by atoms with E-state index in [9.17, 15) is 5.11 Å². The molecule has 2 atom stereocenters. The molecule has 0 amide bonds. The molecular weight excluding hydrogens is 220 g/mol. The van der Waals surface area contributed by atoms with E-state index in [2.05, 4.69) is 19.9 Å². The third-order valence-corrected chi connectivity index (χ3v) is 2.69. The maximum Gasteiger partial charge on any atom is 0.198 e. The number of nitrogens with one attached hydrogen (secondary N) is 2. The van der Waals surface area contributed by atoms with E-state index < -0.39 is 6.10 Å². The molecule has 0 aliphatic carbocycles. The molecule has 0 aromatic carbocycles. The lowest BCUT2D eigenvalue weighted by Crippen LogP contribution is -2.04. The van der Waals surface area contributed by atoms with Gasteiger partial charge in [-0.1, -0.05) is 6.92 Å². The zero-order chi connectivity index (χ0) is 12.6. The number of nitrogens with two attached hydrogens (primary N) is 2. The van der Waals surface area contributed by atoms with Crippen LogP contribution >= 0.6 is 0 Å². The van der Waals surface area contributed by atoms with E-state index >= 15 is 0 Å². The topological polar surface area (TPSA) is 130 Å². The first kappa shape index (κ1) is 11.5. The van der Waals surface area contributed by atoms with Gasteiger partial charge in [-0.3, -0.25) is 0 Å². The largest absolute Gasteiger partial charge is 0.387 e. The summed E-state index contributed by atoms with van der Waals surface area (Å²) < 4.78 is 0. The molecule has 7 heteroatoms. The first-order valence-electron chi connectivity index (χ1n) is 5.32. The van der Waals surface area contributed by atoms with Gasteiger partial charge in [-0.2, -0.15) is 0 Å². The maximum absolute atomic E-state index is 9.63. The van der Waals surface area contributed by atoms with E-state index in [0.29, 0.717) is 11.6 Å². The van der Waals surface area contributed by atoms with Crippen molar-refractivity contribution in [3.63, 3.8) is 0 Å². The van der Waals surface area contributed by atoms with Crippen LogP contribution in [0.25, 0.3) is 0 Å². The predicted molar refractivity (Wildman–Crippen MR) is 64.2 cm³/mol. The number of hydrogen-bond acceptors (Lipinski definition) is 5. The SMILES string of the molecule is CC(O)c1nc(N)[nH]c1C(C)c1cnc(N)[nH]1. The fraction of sp³-hybridized carbons (Fsp3) is 0.400. The van der Waals surface area contributed by atoms with E-state index in [1.807, 2.05) is 6.92 Å². The molecule has 0 aliphatic rings. The number of aliphatic hydroxyl groups is 1. The van der Waals surface area contributed by atoms with E-state index in [-0.39, 0.29) is 11.9 Å². The summed E-state index contributed by atoms with van der Waals surface area (Å²) in [6.07, 6.45) is 0.976. The average Bonchev–Trinajstić information content (AvgIpc) is 2.83. The van der Waals surface area contributed by atoms with E-state index in [0.717, 1.165) is 11.4 Å². The first-order chi connectivity index (χ1) is 7.99. The van der Waals surface area contributed by atoms with Gasteiger partial charge < -0.3 is 26.5 Å². The number of H-pyrrole nitrogens is 2. The van der Waals surface area contributed by atoms with Crippen LogP contribution in [0.15, 0.2) is 6.20 Å². The van der Waals surface area contributed by atoms with Crippen LogP contribution < -0.4 is 11.5 Å². The third-order valence-electron chi connectivity index (χ3n) is 2.69. The first-order valence-corrected chi connectivity index (χ1v) is 5.32. The van der Waals surface area contributed by atoms with Crippen molar-refractivity contribution in [1.82, 2.24) is 19.9 Å². The molecule has 2 aromatic heterocycles. The molecule has 7 N–H and O–H groups in total. The van der Waals surface area contributed by atoms with Crippen LogP contribution in [0.5, 0.6) is 0 Å².